The van der Waals surface area contributed by atoms with Gasteiger partial charge in [0.15, 0.2) is 12.6 Å². The first kappa shape index (κ1) is 39.6. The number of allylic oxidation sites excluding steroid dienone is 3. The Bertz CT molecular complexity index is 996. The number of aliphatic hydroxyl groups excluding tert-OH is 9. The van der Waals surface area contributed by atoms with Gasteiger partial charge in [-0.1, -0.05) is 35.5 Å². The second-order valence-electron chi connectivity index (χ2n) is 12.2. The van der Waals surface area contributed by atoms with E-state index in [9.17, 15) is 46.0 Å². The van der Waals surface area contributed by atoms with Crippen molar-refractivity contribution in [2.45, 2.75) is 133 Å². The molecule has 0 amide bonds. The Morgan fingerprint density at radius 1 is 0.778 bits per heavy atom. The van der Waals surface area contributed by atoms with Crippen molar-refractivity contribution in [3.63, 3.8) is 0 Å². The van der Waals surface area contributed by atoms with Crippen LogP contribution in [0.5, 0.6) is 0 Å². The topological polar surface area (TPSA) is 219 Å². The molecule has 2 fully saturated rings. The molecule has 0 aromatic carbocycles. The highest BCUT2D eigenvalue weighted by Crippen LogP contribution is 2.29. The van der Waals surface area contributed by atoms with E-state index in [-0.39, 0.29) is 6.61 Å². The quantitative estimate of drug-likeness (QED) is 0.0930. The molecule has 0 aliphatic carbocycles. The van der Waals surface area contributed by atoms with Gasteiger partial charge < -0.3 is 64.9 Å². The molecule has 2 aliphatic rings. The van der Waals surface area contributed by atoms with E-state index in [1.165, 1.54) is 0 Å². The Kier molecular flexibility index (Phi) is 16.5. The predicted octanol–water partition coefficient (Wildman–Crippen LogP) is -0.286. The lowest BCUT2D eigenvalue weighted by Crippen LogP contribution is -2.60. The fourth-order valence-corrected chi connectivity index (χ4v) is 4.99. The Labute approximate surface area is 265 Å². The van der Waals surface area contributed by atoms with Gasteiger partial charge in [0.25, 0.3) is 0 Å². The SMILES string of the molecule is C=C[C@](C)(CC/C=C(\C)CC/C=C(\C)C(O)C/C=C(/C)CO[C@@H]1O[C@H](CO)[C@@H](O)[C@H](O)[C@H]1O)O[C@@H]1O[C@H](CO)[C@@H](O)[C@H](O)[C@H]1O. The summed E-state index contributed by atoms with van der Waals surface area (Å²) in [5.74, 6) is 0. The Morgan fingerprint density at radius 2 is 1.33 bits per heavy atom. The van der Waals surface area contributed by atoms with E-state index in [1.54, 1.807) is 26.0 Å². The van der Waals surface area contributed by atoms with E-state index in [4.69, 9.17) is 18.9 Å². The van der Waals surface area contributed by atoms with Crippen molar-refractivity contribution < 1.29 is 64.9 Å². The number of hydrogen-bond donors (Lipinski definition) is 9. The van der Waals surface area contributed by atoms with E-state index >= 15 is 0 Å². The molecule has 2 rings (SSSR count). The molecule has 2 heterocycles. The molecule has 45 heavy (non-hydrogen) atoms. The Hall–Kier alpha value is -1.56. The predicted molar refractivity (Wildman–Crippen MR) is 164 cm³/mol. The van der Waals surface area contributed by atoms with Gasteiger partial charge in [0.05, 0.1) is 31.5 Å². The highest BCUT2D eigenvalue weighted by molar-refractivity contribution is 5.11. The van der Waals surface area contributed by atoms with E-state index < -0.39 is 86.3 Å². The van der Waals surface area contributed by atoms with E-state index in [0.717, 1.165) is 23.1 Å². The number of hydrogen-bond acceptors (Lipinski definition) is 13. The molecule has 0 aromatic heterocycles. The van der Waals surface area contributed by atoms with Gasteiger partial charge in [0, 0.05) is 0 Å². The summed E-state index contributed by atoms with van der Waals surface area (Å²) in [6.07, 6.45) is -3.78. The van der Waals surface area contributed by atoms with Gasteiger partial charge in [0.1, 0.15) is 48.8 Å². The van der Waals surface area contributed by atoms with Crippen LogP contribution < -0.4 is 0 Å². The summed E-state index contributed by atoms with van der Waals surface area (Å²) in [7, 11) is 0. The standard InChI is InChI=1S/C32H54O13/c1-6-32(5,45-31-29(41)27(39)25(37)23(16-34)44-31)14-8-10-18(2)9-7-11-20(4)21(35)13-12-19(3)17-42-30-28(40)26(38)24(36)22(15-33)43-30/h6,10-12,21-31,33-41H,1,7-9,13-17H2,2-5H3/b18-10+,19-12-,20-11+/t21?,22-,23-,24-,25-,26+,27+,28-,29-,30-,31+,32-/m1/s1. The largest absolute Gasteiger partial charge is 0.394 e. The molecule has 0 bridgehead atoms. The molecule has 260 valence electrons. The lowest BCUT2D eigenvalue weighted by atomic mass is 9.96. The molecule has 0 spiro atoms. The zero-order valence-corrected chi connectivity index (χ0v) is 26.7. The molecular weight excluding hydrogens is 592 g/mol. The van der Waals surface area contributed by atoms with Crippen molar-refractivity contribution in [2.24, 2.45) is 0 Å². The maximum Gasteiger partial charge on any atom is 0.187 e. The second-order valence-corrected chi connectivity index (χ2v) is 12.2. The molecule has 13 heteroatoms. The summed E-state index contributed by atoms with van der Waals surface area (Å²) < 4.78 is 22.2. The normalized spacial score (nSPS) is 35.6. The maximum absolute atomic E-state index is 10.6. The first-order chi connectivity index (χ1) is 21.2. The van der Waals surface area contributed by atoms with Crippen molar-refractivity contribution in [3.05, 3.63) is 47.6 Å². The molecule has 2 aliphatic heterocycles. The van der Waals surface area contributed by atoms with Crippen LogP contribution in [0.3, 0.4) is 0 Å². The molecule has 1 unspecified atom stereocenters. The first-order valence-corrected chi connectivity index (χ1v) is 15.4. The van der Waals surface area contributed by atoms with Crippen LogP contribution in [-0.4, -0.2) is 139 Å². The van der Waals surface area contributed by atoms with Gasteiger partial charge in [-0.15, -0.1) is 6.58 Å². The van der Waals surface area contributed by atoms with E-state index in [0.29, 0.717) is 25.7 Å². The van der Waals surface area contributed by atoms with Crippen LogP contribution >= 0.6 is 0 Å². The Morgan fingerprint density at radius 3 is 1.89 bits per heavy atom. The molecular formula is C32H54O13. The number of rotatable bonds is 17. The minimum absolute atomic E-state index is 0.0562. The molecule has 0 saturated carbocycles. The van der Waals surface area contributed by atoms with Gasteiger partial charge in [-0.2, -0.15) is 0 Å². The third-order valence-electron chi connectivity index (χ3n) is 8.34. The monoisotopic (exact) mass is 646 g/mol. The van der Waals surface area contributed by atoms with E-state index in [2.05, 4.69) is 12.7 Å². The zero-order chi connectivity index (χ0) is 33.9. The highest BCUT2D eigenvalue weighted by atomic mass is 16.7. The van der Waals surface area contributed by atoms with Gasteiger partial charge in [-0.05, 0) is 65.4 Å². The van der Waals surface area contributed by atoms with Crippen LogP contribution in [0.15, 0.2) is 47.6 Å². The van der Waals surface area contributed by atoms with Gasteiger partial charge in [0.2, 0.25) is 0 Å². The lowest BCUT2D eigenvalue weighted by Gasteiger charge is -2.42. The molecule has 12 atom stereocenters. The van der Waals surface area contributed by atoms with Gasteiger partial charge in [-0.3, -0.25) is 0 Å². The summed E-state index contributed by atoms with van der Waals surface area (Å²) in [5, 5.41) is 89.4. The van der Waals surface area contributed by atoms with Crippen LogP contribution in [0.25, 0.3) is 0 Å². The third-order valence-corrected chi connectivity index (χ3v) is 8.34. The van der Waals surface area contributed by atoms with Gasteiger partial charge in [-0.25, -0.2) is 0 Å². The summed E-state index contributed by atoms with van der Waals surface area (Å²) >= 11 is 0. The molecule has 2 saturated heterocycles. The van der Waals surface area contributed by atoms with Crippen LogP contribution in [0.2, 0.25) is 0 Å². The molecule has 0 radical (unpaired) electrons. The van der Waals surface area contributed by atoms with E-state index in [1.807, 2.05) is 19.9 Å². The van der Waals surface area contributed by atoms with Crippen molar-refractivity contribution in [1.82, 2.24) is 0 Å². The third kappa shape index (κ3) is 11.6. The van der Waals surface area contributed by atoms with Crippen LogP contribution in [0.4, 0.5) is 0 Å². The highest BCUT2D eigenvalue weighted by Gasteiger charge is 2.46. The fourth-order valence-electron chi connectivity index (χ4n) is 4.99. The van der Waals surface area contributed by atoms with Crippen molar-refractivity contribution in [3.8, 4) is 0 Å². The first-order valence-electron chi connectivity index (χ1n) is 15.4. The minimum Gasteiger partial charge on any atom is -0.394 e. The average Bonchev–Trinajstić information content (AvgIpc) is 3.02. The average molecular weight is 647 g/mol. The summed E-state index contributed by atoms with van der Waals surface area (Å²) in [6.45, 7) is 10.2. The number of ether oxygens (including phenoxy) is 4. The van der Waals surface area contributed by atoms with Crippen molar-refractivity contribution in [2.75, 3.05) is 19.8 Å². The maximum atomic E-state index is 10.6. The Balaban J connectivity index is 1.78. The van der Waals surface area contributed by atoms with Crippen molar-refractivity contribution >= 4 is 0 Å². The van der Waals surface area contributed by atoms with Crippen LogP contribution in [-0.2, 0) is 18.9 Å². The molecule has 13 nitrogen and oxygen atoms in total. The second kappa shape index (κ2) is 18.7. The summed E-state index contributed by atoms with van der Waals surface area (Å²) in [6, 6.07) is 0. The molecule has 0 aromatic rings. The molecule has 9 N–H and O–H groups in total. The smallest absolute Gasteiger partial charge is 0.187 e. The lowest BCUT2D eigenvalue weighted by molar-refractivity contribution is -0.319. The number of aliphatic hydroxyl groups is 9. The minimum atomic E-state index is -1.52. The summed E-state index contributed by atoms with van der Waals surface area (Å²) in [5.41, 5.74) is 1.80. The van der Waals surface area contributed by atoms with Crippen LogP contribution in [0.1, 0.15) is 59.8 Å². The van der Waals surface area contributed by atoms with Crippen LogP contribution in [0, 0.1) is 0 Å². The summed E-state index contributed by atoms with van der Waals surface area (Å²) in [4.78, 5) is 0. The zero-order valence-electron chi connectivity index (χ0n) is 26.7. The van der Waals surface area contributed by atoms with Gasteiger partial charge >= 0.3 is 0 Å². The van der Waals surface area contributed by atoms with Crippen molar-refractivity contribution in [1.29, 1.82) is 0 Å². The fraction of sp³-hybridized carbons (Fsp3) is 0.750.